The summed E-state index contributed by atoms with van der Waals surface area (Å²) in [6.07, 6.45) is 0. The van der Waals surface area contributed by atoms with Gasteiger partial charge in [-0.15, -0.1) is 0 Å². The van der Waals surface area contributed by atoms with Crippen molar-refractivity contribution in [2.24, 2.45) is 0 Å². The van der Waals surface area contributed by atoms with Gasteiger partial charge < -0.3 is 0 Å². The second-order valence-corrected chi connectivity index (χ2v) is 2.65. The minimum absolute atomic E-state index is 0. The first-order valence-electron chi connectivity index (χ1n) is 0.698. The third kappa shape index (κ3) is 81.8. The second kappa shape index (κ2) is 5.91. The summed E-state index contributed by atoms with van der Waals surface area (Å²) in [5, 5.41) is 0. The molecule has 0 bridgehead atoms. The molecule has 0 aromatic rings. The van der Waals surface area contributed by atoms with E-state index < -0.39 is 9.05 Å². The second-order valence-electron chi connectivity index (χ2n) is 0.448. The smallest absolute Gasteiger partial charge is 0 e. The van der Waals surface area contributed by atoms with Crippen LogP contribution in [-0.2, 0) is 36.7 Å². The van der Waals surface area contributed by atoms with Crippen LogP contribution in [0, 0.1) is 0 Å². The molecule has 7 heavy (non-hydrogen) atoms. The van der Waals surface area contributed by atoms with Crippen molar-refractivity contribution in [3.05, 3.63) is 0 Å². The van der Waals surface area contributed by atoms with Crippen molar-refractivity contribution in [2.45, 2.75) is 0 Å². The molecule has 0 aromatic carbocycles. The van der Waals surface area contributed by atoms with Gasteiger partial charge in [0.25, 0.3) is 9.05 Å². The molecular weight excluding hydrogens is 194 g/mol. The molecule has 0 amide bonds. The number of hydrogen-bond acceptors (Lipinski definition) is 2. The molecule has 0 heterocycles. The summed E-state index contributed by atoms with van der Waals surface area (Å²) in [4.78, 5) is 0. The Bertz CT molecular complexity index is 96.1. The van der Waals surface area contributed by atoms with Crippen LogP contribution in [-0.4, -0.2) is 42.9 Å². The van der Waals surface area contributed by atoms with Crippen LogP contribution in [0.5, 0.6) is 0 Å². The number of rotatable bonds is 0. The Labute approximate surface area is 78.8 Å². The molecule has 0 atom stereocenters. The predicted molar refractivity (Wildman–Crippen MR) is 27.9 cm³/mol. The third-order valence-electron chi connectivity index (χ3n) is 0. The van der Waals surface area contributed by atoms with E-state index in [0.29, 0.717) is 0 Å². The Kier molecular flexibility index (Phi) is 13.4. The van der Waals surface area contributed by atoms with Crippen LogP contribution < -0.4 is 0 Å². The van der Waals surface area contributed by atoms with Crippen LogP contribution >= 0.6 is 0 Å². The zero-order valence-corrected chi connectivity index (χ0v) is 5.06. The van der Waals surface area contributed by atoms with Gasteiger partial charge in [-0.3, -0.25) is 9.11 Å². The zero-order chi connectivity index (χ0) is 4.50. The quantitative estimate of drug-likeness (QED) is 0.490. The van der Waals surface area contributed by atoms with Crippen molar-refractivity contribution in [3.8, 4) is 0 Å². The molecule has 2 N–H and O–H groups in total. The average molecular weight is 197 g/mol. The van der Waals surface area contributed by atoms with E-state index in [2.05, 4.69) is 11.2 Å². The van der Waals surface area contributed by atoms with Gasteiger partial charge in [-0.05, 0) is 0 Å². The fourth-order valence-corrected chi connectivity index (χ4v) is 0. The molecule has 0 saturated carbocycles. The molecule has 3 nitrogen and oxygen atoms in total. The first-order chi connectivity index (χ1) is 2.00. The summed E-state index contributed by atoms with van der Waals surface area (Å²) in [6.45, 7) is 0. The largest absolute Gasteiger partial charge is 0 e. The minimum atomic E-state index is -3.83. The molecule has 0 radical (unpaired) electrons. The Hall–Kier alpha value is 1.78. The molecule has 0 spiro atoms. The van der Waals surface area contributed by atoms with Crippen molar-refractivity contribution in [1.29, 1.82) is 0 Å². The van der Waals surface area contributed by atoms with Gasteiger partial charge in [-0.1, -0.05) is 0 Å². The van der Waals surface area contributed by atoms with E-state index in [0.717, 1.165) is 0 Å². The molecule has 0 fully saturated rings. The predicted octanol–water partition coefficient (Wildman–Crippen LogP) is -0.972. The van der Waals surface area contributed by atoms with Crippen molar-refractivity contribution in [3.63, 3.8) is 0 Å². The Balaban J connectivity index is -0.0000000800. The Morgan fingerprint density at radius 1 is 1.43 bits per heavy atom. The van der Waals surface area contributed by atoms with Crippen LogP contribution in [0.15, 0.2) is 0 Å². The molecule has 0 aromatic heterocycles. The van der Waals surface area contributed by atoms with Crippen LogP contribution in [0.3, 0.4) is 0 Å². The summed E-state index contributed by atoms with van der Waals surface area (Å²) in [5.41, 5.74) is 0. The SMILES string of the molecule is O=S(O)(O)=S.[NaH].[Ni]. The van der Waals surface area contributed by atoms with Gasteiger partial charge in [0, 0.05) is 27.7 Å². The molecule has 0 aliphatic rings. The van der Waals surface area contributed by atoms with Crippen molar-refractivity contribution in [2.75, 3.05) is 0 Å². The first-order valence-corrected chi connectivity index (χ1v) is 3.10. The maximum absolute atomic E-state index is 9.11. The molecule has 7 heteroatoms. The molecule has 0 aliphatic carbocycles. The van der Waals surface area contributed by atoms with E-state index >= 15 is 0 Å². The summed E-state index contributed by atoms with van der Waals surface area (Å²) in [6, 6.07) is 0. The van der Waals surface area contributed by atoms with E-state index in [1.165, 1.54) is 0 Å². The standard InChI is InChI=1S/Na.Ni.H2O3S2.H/c;;1-5(2,3)4;/h;;(H2,1,2,3,4);. The van der Waals surface area contributed by atoms with Gasteiger partial charge in [0.15, 0.2) is 0 Å². The maximum atomic E-state index is 9.11. The van der Waals surface area contributed by atoms with Gasteiger partial charge >= 0.3 is 29.6 Å². The number of hydrogen-bond donors (Lipinski definition) is 2. The summed E-state index contributed by atoms with van der Waals surface area (Å²) in [7, 11) is -3.83. The normalized spacial score (nSPS) is 8.29. The third-order valence-corrected chi connectivity index (χ3v) is 0. The van der Waals surface area contributed by atoms with Gasteiger partial charge in [-0.25, -0.2) is 0 Å². The average Bonchev–Trinajstić information content (AvgIpc) is 0.722. The van der Waals surface area contributed by atoms with Crippen molar-refractivity contribution >= 4 is 49.8 Å². The van der Waals surface area contributed by atoms with Crippen LogP contribution in [0.4, 0.5) is 0 Å². The molecular formula is H3NaNiO3S2. The Morgan fingerprint density at radius 3 is 1.43 bits per heavy atom. The molecule has 44 valence electrons. The van der Waals surface area contributed by atoms with E-state index in [-0.39, 0.29) is 46.0 Å². The van der Waals surface area contributed by atoms with Crippen LogP contribution in [0.1, 0.15) is 0 Å². The molecule has 0 unspecified atom stereocenters. The molecule has 0 saturated heterocycles. The van der Waals surface area contributed by atoms with Crippen molar-refractivity contribution < 1.29 is 29.8 Å². The monoisotopic (exact) mass is 196 g/mol. The molecule has 0 rings (SSSR count). The summed E-state index contributed by atoms with van der Waals surface area (Å²) >= 11 is 3.47. The van der Waals surface area contributed by atoms with Gasteiger partial charge in [0.2, 0.25) is 0 Å². The van der Waals surface area contributed by atoms with Gasteiger partial charge in [0.05, 0.1) is 0 Å². The van der Waals surface area contributed by atoms with E-state index in [1.807, 2.05) is 0 Å². The minimum Gasteiger partial charge on any atom is 0 e. The van der Waals surface area contributed by atoms with Crippen LogP contribution in [0.25, 0.3) is 0 Å². The topological polar surface area (TPSA) is 57.5 Å². The fraction of sp³-hybridized carbons (Fsp3) is 0. The van der Waals surface area contributed by atoms with E-state index in [4.69, 9.17) is 13.3 Å². The summed E-state index contributed by atoms with van der Waals surface area (Å²) in [5.74, 6) is 0. The zero-order valence-electron chi connectivity index (χ0n) is 2.44. The molecule has 0 aliphatic heterocycles. The fourth-order valence-electron chi connectivity index (χ4n) is 0. The summed E-state index contributed by atoms with van der Waals surface area (Å²) < 4.78 is 24.0. The Morgan fingerprint density at radius 2 is 1.43 bits per heavy atom. The van der Waals surface area contributed by atoms with Gasteiger partial charge in [-0.2, -0.15) is 4.21 Å². The van der Waals surface area contributed by atoms with Crippen molar-refractivity contribution in [1.82, 2.24) is 0 Å². The maximum Gasteiger partial charge on any atom is 0 e. The van der Waals surface area contributed by atoms with Crippen LogP contribution in [0.2, 0.25) is 0 Å². The van der Waals surface area contributed by atoms with E-state index in [1.54, 1.807) is 0 Å². The van der Waals surface area contributed by atoms with Gasteiger partial charge in [0.1, 0.15) is 0 Å². The first kappa shape index (κ1) is 15.9. The van der Waals surface area contributed by atoms with E-state index in [9.17, 15) is 0 Å².